The van der Waals surface area contributed by atoms with E-state index < -0.39 is 6.10 Å². The Morgan fingerprint density at radius 1 is 1.26 bits per heavy atom. The molecule has 2 unspecified atom stereocenters. The molecule has 0 saturated carbocycles. The van der Waals surface area contributed by atoms with Crippen LogP contribution in [0.25, 0.3) is 11.1 Å². The molecule has 4 rings (SSSR count). The van der Waals surface area contributed by atoms with Crippen LogP contribution in [0.5, 0.6) is 5.75 Å². The van der Waals surface area contributed by atoms with Crippen molar-refractivity contribution in [2.45, 2.75) is 38.3 Å². The van der Waals surface area contributed by atoms with E-state index in [2.05, 4.69) is 4.98 Å². The molecule has 2 aromatic carbocycles. The standard InChI is InChI=1S/C21H21ClN2O3/c1-14(26-16-8-6-7-15(22)13-16)21(25)24-12-5-4-10-18(24)20-23-17-9-2-3-11-19(17)27-20/h2-3,6-9,11,13-14,18H,4-5,10,12H2,1H3. The minimum Gasteiger partial charge on any atom is -0.481 e. The van der Waals surface area contributed by atoms with Crippen molar-refractivity contribution >= 4 is 28.6 Å². The first-order valence-electron chi connectivity index (χ1n) is 9.20. The smallest absolute Gasteiger partial charge is 0.264 e. The first-order valence-corrected chi connectivity index (χ1v) is 9.58. The number of carbonyl (C=O) groups excluding carboxylic acids is 1. The Morgan fingerprint density at radius 2 is 2.11 bits per heavy atom. The van der Waals surface area contributed by atoms with E-state index in [1.807, 2.05) is 29.2 Å². The molecule has 6 heteroatoms. The fourth-order valence-corrected chi connectivity index (χ4v) is 3.69. The lowest BCUT2D eigenvalue weighted by Crippen LogP contribution is -2.45. The van der Waals surface area contributed by atoms with Crippen molar-refractivity contribution in [3.05, 3.63) is 59.4 Å². The first-order chi connectivity index (χ1) is 13.1. The molecule has 140 valence electrons. The van der Waals surface area contributed by atoms with Crippen LogP contribution in [0.15, 0.2) is 52.9 Å². The van der Waals surface area contributed by atoms with Crippen LogP contribution >= 0.6 is 11.6 Å². The van der Waals surface area contributed by atoms with E-state index in [-0.39, 0.29) is 11.9 Å². The fourth-order valence-electron chi connectivity index (χ4n) is 3.51. The predicted octanol–water partition coefficient (Wildman–Crippen LogP) is 5.00. The zero-order valence-electron chi connectivity index (χ0n) is 15.1. The number of amides is 1. The quantitative estimate of drug-likeness (QED) is 0.635. The highest BCUT2D eigenvalue weighted by Gasteiger charge is 2.34. The Hall–Kier alpha value is -2.53. The Kier molecular flexibility index (Phi) is 5.03. The average Bonchev–Trinajstić information content (AvgIpc) is 3.11. The Labute approximate surface area is 162 Å². The molecule has 2 heterocycles. The highest BCUT2D eigenvalue weighted by molar-refractivity contribution is 6.30. The molecule has 1 saturated heterocycles. The van der Waals surface area contributed by atoms with Crippen molar-refractivity contribution in [3.63, 3.8) is 0 Å². The highest BCUT2D eigenvalue weighted by Crippen LogP contribution is 2.33. The van der Waals surface area contributed by atoms with Crippen LogP contribution in [-0.2, 0) is 4.79 Å². The lowest BCUT2D eigenvalue weighted by atomic mass is 10.0. The predicted molar refractivity (Wildman–Crippen MR) is 104 cm³/mol. The van der Waals surface area contributed by atoms with E-state index in [0.717, 1.165) is 30.4 Å². The van der Waals surface area contributed by atoms with Gasteiger partial charge in [0.25, 0.3) is 5.91 Å². The second-order valence-corrected chi connectivity index (χ2v) is 7.22. The third-order valence-electron chi connectivity index (χ3n) is 4.84. The number of likely N-dealkylation sites (tertiary alicyclic amines) is 1. The molecule has 0 bridgehead atoms. The van der Waals surface area contributed by atoms with Crippen LogP contribution in [0.1, 0.15) is 38.1 Å². The van der Waals surface area contributed by atoms with Crippen molar-refractivity contribution in [1.82, 2.24) is 9.88 Å². The van der Waals surface area contributed by atoms with Gasteiger partial charge in [-0.3, -0.25) is 4.79 Å². The maximum Gasteiger partial charge on any atom is 0.264 e. The summed E-state index contributed by atoms with van der Waals surface area (Å²) in [5.74, 6) is 1.11. The maximum absolute atomic E-state index is 13.1. The molecule has 2 atom stereocenters. The number of benzene rings is 2. The monoisotopic (exact) mass is 384 g/mol. The van der Waals surface area contributed by atoms with Gasteiger partial charge in [0, 0.05) is 11.6 Å². The van der Waals surface area contributed by atoms with E-state index in [1.165, 1.54) is 0 Å². The minimum absolute atomic E-state index is 0.0677. The number of hydrogen-bond acceptors (Lipinski definition) is 4. The van der Waals surface area contributed by atoms with E-state index in [0.29, 0.717) is 23.2 Å². The number of rotatable bonds is 4. The molecule has 1 amide bonds. The average molecular weight is 385 g/mol. The van der Waals surface area contributed by atoms with Crippen LogP contribution in [0, 0.1) is 0 Å². The van der Waals surface area contributed by atoms with Crippen LogP contribution in [0.3, 0.4) is 0 Å². The van der Waals surface area contributed by atoms with Crippen molar-refractivity contribution in [2.24, 2.45) is 0 Å². The molecule has 5 nitrogen and oxygen atoms in total. The first kappa shape index (κ1) is 17.9. The number of halogens is 1. The van der Waals surface area contributed by atoms with Crippen LogP contribution in [0.4, 0.5) is 0 Å². The second-order valence-electron chi connectivity index (χ2n) is 6.78. The lowest BCUT2D eigenvalue weighted by Gasteiger charge is -2.35. The van der Waals surface area contributed by atoms with Gasteiger partial charge in [-0.15, -0.1) is 0 Å². The summed E-state index contributed by atoms with van der Waals surface area (Å²) >= 11 is 6.00. The fraction of sp³-hybridized carbons (Fsp3) is 0.333. The molecule has 0 radical (unpaired) electrons. The molecule has 0 N–H and O–H groups in total. The summed E-state index contributed by atoms with van der Waals surface area (Å²) in [6.45, 7) is 2.44. The van der Waals surface area contributed by atoms with Crippen LogP contribution in [0.2, 0.25) is 5.02 Å². The summed E-state index contributed by atoms with van der Waals surface area (Å²) in [4.78, 5) is 19.5. The van der Waals surface area contributed by atoms with Crippen LogP contribution in [-0.4, -0.2) is 28.4 Å². The summed E-state index contributed by atoms with van der Waals surface area (Å²) in [6.07, 6.45) is 2.22. The molecular formula is C21H21ClN2O3. The van der Waals surface area contributed by atoms with Gasteiger partial charge in [0.1, 0.15) is 17.3 Å². The minimum atomic E-state index is -0.617. The molecule has 0 spiro atoms. The number of nitrogens with zero attached hydrogens (tertiary/aromatic N) is 2. The van der Waals surface area contributed by atoms with Gasteiger partial charge < -0.3 is 14.1 Å². The summed E-state index contributed by atoms with van der Waals surface area (Å²) < 4.78 is 11.8. The lowest BCUT2D eigenvalue weighted by molar-refractivity contribution is -0.142. The van der Waals surface area contributed by atoms with E-state index in [4.69, 9.17) is 20.8 Å². The summed E-state index contributed by atoms with van der Waals surface area (Å²) in [5, 5.41) is 0.578. The number of para-hydroxylation sites is 2. The number of hydrogen-bond donors (Lipinski definition) is 0. The van der Waals surface area contributed by atoms with Gasteiger partial charge in [-0.25, -0.2) is 4.98 Å². The summed E-state index contributed by atoms with van der Waals surface area (Å²) in [6, 6.07) is 14.6. The molecule has 1 fully saturated rings. The molecule has 3 aromatic rings. The van der Waals surface area contributed by atoms with Crippen molar-refractivity contribution in [2.75, 3.05) is 6.54 Å². The Balaban J connectivity index is 1.55. The van der Waals surface area contributed by atoms with Crippen LogP contribution < -0.4 is 4.74 Å². The third kappa shape index (κ3) is 3.78. The van der Waals surface area contributed by atoms with Gasteiger partial charge in [-0.2, -0.15) is 0 Å². The molecular weight excluding hydrogens is 364 g/mol. The second kappa shape index (κ2) is 7.61. The van der Waals surface area contributed by atoms with Gasteiger partial charge in [0.2, 0.25) is 5.89 Å². The Morgan fingerprint density at radius 3 is 2.93 bits per heavy atom. The van der Waals surface area contributed by atoms with E-state index >= 15 is 0 Å². The topological polar surface area (TPSA) is 55.6 Å². The largest absolute Gasteiger partial charge is 0.481 e. The molecule has 1 aliphatic heterocycles. The highest BCUT2D eigenvalue weighted by atomic mass is 35.5. The number of oxazole rings is 1. The normalized spacial score (nSPS) is 18.4. The molecule has 27 heavy (non-hydrogen) atoms. The molecule has 1 aromatic heterocycles. The van der Waals surface area contributed by atoms with E-state index in [9.17, 15) is 4.79 Å². The maximum atomic E-state index is 13.1. The Bertz CT molecular complexity index is 922. The summed E-state index contributed by atoms with van der Waals surface area (Å²) in [5.41, 5.74) is 1.56. The zero-order valence-corrected chi connectivity index (χ0v) is 15.9. The third-order valence-corrected chi connectivity index (χ3v) is 5.07. The van der Waals surface area contributed by atoms with Gasteiger partial charge in [0.15, 0.2) is 11.7 Å². The van der Waals surface area contributed by atoms with Gasteiger partial charge in [-0.05, 0) is 56.5 Å². The SMILES string of the molecule is CC(Oc1cccc(Cl)c1)C(=O)N1CCCCC1c1nc2ccccc2o1. The number of fused-ring (bicyclic) bond motifs is 1. The van der Waals surface area contributed by atoms with Crippen molar-refractivity contribution in [3.8, 4) is 5.75 Å². The molecule has 0 aliphatic carbocycles. The number of piperidine rings is 1. The van der Waals surface area contributed by atoms with Crippen molar-refractivity contribution < 1.29 is 13.9 Å². The van der Waals surface area contributed by atoms with E-state index in [1.54, 1.807) is 31.2 Å². The van der Waals surface area contributed by atoms with Gasteiger partial charge in [0.05, 0.1) is 0 Å². The van der Waals surface area contributed by atoms with Gasteiger partial charge >= 0.3 is 0 Å². The number of aromatic nitrogens is 1. The van der Waals surface area contributed by atoms with Gasteiger partial charge in [-0.1, -0.05) is 29.8 Å². The summed E-state index contributed by atoms with van der Waals surface area (Å²) in [7, 11) is 0. The molecule has 1 aliphatic rings. The zero-order chi connectivity index (χ0) is 18.8. The van der Waals surface area contributed by atoms with Crippen molar-refractivity contribution in [1.29, 1.82) is 0 Å². The number of carbonyl (C=O) groups is 1. The number of ether oxygens (including phenoxy) is 1.